The highest BCUT2D eigenvalue weighted by Gasteiger charge is 2.57. The van der Waals surface area contributed by atoms with Crippen molar-refractivity contribution < 1.29 is 9.90 Å². The van der Waals surface area contributed by atoms with Crippen LogP contribution in [0.2, 0.25) is 0 Å². The van der Waals surface area contributed by atoms with E-state index in [0.717, 1.165) is 44.8 Å². The number of nitrogens with two attached hydrogens (primary N) is 1. The van der Waals surface area contributed by atoms with E-state index in [9.17, 15) is 14.7 Å². The van der Waals surface area contributed by atoms with E-state index in [2.05, 4.69) is 20.5 Å². The fraction of sp³-hybridized carbons (Fsp3) is 0.542. The summed E-state index contributed by atoms with van der Waals surface area (Å²) in [5, 5.41) is 15.2. The minimum atomic E-state index is -0.433. The molecule has 10 heteroatoms. The van der Waals surface area contributed by atoms with Crippen molar-refractivity contribution in [1.82, 2.24) is 24.7 Å². The molecular formula is C24H33N7O3. The van der Waals surface area contributed by atoms with Gasteiger partial charge in [0.1, 0.15) is 5.82 Å². The average Bonchev–Trinajstić information content (AvgIpc) is 3.37. The Morgan fingerprint density at radius 2 is 1.88 bits per heavy atom. The number of rotatable bonds is 7. The number of nitrogens with one attached hydrogen (secondary N) is 2. The topological polar surface area (TPSA) is 129 Å². The summed E-state index contributed by atoms with van der Waals surface area (Å²) >= 11 is 0. The number of hydrogen-bond donors (Lipinski definition) is 4. The van der Waals surface area contributed by atoms with Gasteiger partial charge in [0.05, 0.1) is 12.3 Å². The molecule has 1 aromatic heterocycles. The molecule has 1 aromatic carbocycles. The maximum Gasteiger partial charge on any atom is 0.354 e. The predicted molar refractivity (Wildman–Crippen MR) is 129 cm³/mol. The summed E-state index contributed by atoms with van der Waals surface area (Å²) in [6.07, 6.45) is 2.59. The Kier molecular flexibility index (Phi) is 6.64. The summed E-state index contributed by atoms with van der Waals surface area (Å²) in [6, 6.07) is 9.28. The van der Waals surface area contributed by atoms with Crippen molar-refractivity contribution >= 4 is 11.8 Å². The Morgan fingerprint density at radius 3 is 2.53 bits per heavy atom. The molecule has 34 heavy (non-hydrogen) atoms. The standard InChI is InChI=1S/C24H33N7O3/c25-20(15-32)22-18-13-29(14-19(18)22)9-5-16-1-3-17(4-2-16)31-10-6-21(28-24(31)34)27-23(33)30-11-7-26-8-12-30/h1-4,6,10,18-20,22,26,32H,5,7-9,11-15,25H2,(H,27,28,33,34)/t18-,19+,20?,22?. The summed E-state index contributed by atoms with van der Waals surface area (Å²) in [6.45, 7) is 6.00. The number of hydrogen-bond acceptors (Lipinski definition) is 7. The zero-order valence-corrected chi connectivity index (χ0v) is 19.3. The molecule has 0 radical (unpaired) electrons. The molecule has 2 aromatic rings. The van der Waals surface area contributed by atoms with Gasteiger partial charge in [-0.3, -0.25) is 9.88 Å². The Balaban J connectivity index is 1.13. The van der Waals surface area contributed by atoms with E-state index in [4.69, 9.17) is 5.73 Å². The van der Waals surface area contributed by atoms with Gasteiger partial charge < -0.3 is 26.0 Å². The molecule has 3 heterocycles. The second kappa shape index (κ2) is 9.83. The fourth-order valence-electron chi connectivity index (χ4n) is 5.44. The number of anilines is 1. The van der Waals surface area contributed by atoms with Crippen LogP contribution >= 0.6 is 0 Å². The van der Waals surface area contributed by atoms with Crippen molar-refractivity contribution in [3.05, 3.63) is 52.6 Å². The Labute approximate surface area is 198 Å². The summed E-state index contributed by atoms with van der Waals surface area (Å²) < 4.78 is 1.47. The molecule has 2 aliphatic heterocycles. The first-order valence-corrected chi connectivity index (χ1v) is 12.1. The van der Waals surface area contributed by atoms with Crippen LogP contribution in [0.25, 0.3) is 5.69 Å². The Hall–Kier alpha value is -2.79. The molecule has 5 rings (SSSR count). The lowest BCUT2D eigenvalue weighted by Crippen LogP contribution is -2.48. The number of aromatic nitrogens is 2. The SMILES string of the molecule is NC(CO)C1[C@H]2CN(CCc3ccc(-n4ccc(NC(=O)N5CCNCC5)nc4=O)cc3)C[C@@H]12. The number of nitrogens with zero attached hydrogens (tertiary/aromatic N) is 4. The minimum absolute atomic E-state index is 0.0693. The number of carbonyl (C=O) groups is 1. The van der Waals surface area contributed by atoms with Crippen molar-refractivity contribution in [2.45, 2.75) is 12.5 Å². The van der Waals surface area contributed by atoms with Crippen LogP contribution < -0.4 is 22.1 Å². The van der Waals surface area contributed by atoms with Crippen molar-refractivity contribution in [2.24, 2.45) is 23.5 Å². The summed E-state index contributed by atoms with van der Waals surface area (Å²) in [7, 11) is 0. The molecule has 4 atom stereocenters. The molecule has 10 nitrogen and oxygen atoms in total. The molecule has 3 aliphatic rings. The molecule has 2 unspecified atom stereocenters. The van der Waals surface area contributed by atoms with Crippen molar-refractivity contribution in [3.8, 4) is 5.69 Å². The van der Waals surface area contributed by atoms with Gasteiger partial charge in [0.25, 0.3) is 0 Å². The van der Waals surface area contributed by atoms with E-state index in [1.165, 1.54) is 10.1 Å². The second-order valence-electron chi connectivity index (χ2n) is 9.56. The van der Waals surface area contributed by atoms with Gasteiger partial charge in [-0.2, -0.15) is 4.98 Å². The first-order valence-electron chi connectivity index (χ1n) is 12.1. The number of aliphatic hydroxyl groups is 1. The molecule has 182 valence electrons. The Bertz CT molecular complexity index is 1050. The van der Waals surface area contributed by atoms with Crippen molar-refractivity contribution in [3.63, 3.8) is 0 Å². The van der Waals surface area contributed by atoms with E-state index in [-0.39, 0.29) is 24.5 Å². The zero-order valence-electron chi connectivity index (χ0n) is 19.3. The molecule has 0 bridgehead atoms. The molecule has 5 N–H and O–H groups in total. The first-order chi connectivity index (χ1) is 16.5. The van der Waals surface area contributed by atoms with Crippen molar-refractivity contribution in [1.29, 1.82) is 0 Å². The number of piperazine rings is 1. The van der Waals surface area contributed by atoms with Gasteiger partial charge in [0.2, 0.25) is 0 Å². The van der Waals surface area contributed by atoms with Gasteiger partial charge in [0.15, 0.2) is 0 Å². The highest BCUT2D eigenvalue weighted by atomic mass is 16.3. The molecule has 2 saturated heterocycles. The lowest BCUT2D eigenvalue weighted by molar-refractivity contribution is 0.204. The average molecular weight is 468 g/mol. The van der Waals surface area contributed by atoms with Gasteiger partial charge in [-0.25, -0.2) is 9.59 Å². The lowest BCUT2D eigenvalue weighted by atomic mass is 10.1. The number of carbonyl (C=O) groups excluding carboxylic acids is 1. The normalized spacial score (nSPS) is 25.1. The monoisotopic (exact) mass is 467 g/mol. The largest absolute Gasteiger partial charge is 0.395 e. The van der Waals surface area contributed by atoms with Crippen LogP contribution in [0.3, 0.4) is 0 Å². The van der Waals surface area contributed by atoms with E-state index in [1.807, 2.05) is 24.3 Å². The van der Waals surface area contributed by atoms with Gasteiger partial charge in [-0.05, 0) is 47.9 Å². The number of benzene rings is 1. The maximum absolute atomic E-state index is 12.6. The van der Waals surface area contributed by atoms with Crippen LogP contribution in [0.5, 0.6) is 0 Å². The van der Waals surface area contributed by atoms with Gasteiger partial charge in [-0.1, -0.05) is 12.1 Å². The van der Waals surface area contributed by atoms with Crippen LogP contribution in [0.1, 0.15) is 5.56 Å². The van der Waals surface area contributed by atoms with Crippen molar-refractivity contribution in [2.75, 3.05) is 57.7 Å². The number of likely N-dealkylation sites (tertiary alicyclic amines) is 1. The van der Waals surface area contributed by atoms with E-state index in [1.54, 1.807) is 17.2 Å². The summed E-state index contributed by atoms with van der Waals surface area (Å²) in [4.78, 5) is 33.1. The van der Waals surface area contributed by atoms with E-state index >= 15 is 0 Å². The summed E-state index contributed by atoms with van der Waals surface area (Å²) in [5.74, 6) is 2.04. The molecule has 2 amide bonds. The fourth-order valence-corrected chi connectivity index (χ4v) is 5.44. The zero-order chi connectivity index (χ0) is 23.7. The third-order valence-electron chi connectivity index (χ3n) is 7.42. The van der Waals surface area contributed by atoms with Crippen LogP contribution in [0.4, 0.5) is 10.6 Å². The molecular weight excluding hydrogens is 434 g/mol. The van der Waals surface area contributed by atoms with E-state index < -0.39 is 5.69 Å². The molecule has 1 aliphatic carbocycles. The second-order valence-corrected chi connectivity index (χ2v) is 9.56. The third-order valence-corrected chi connectivity index (χ3v) is 7.42. The molecule has 1 saturated carbocycles. The maximum atomic E-state index is 12.6. The van der Waals surface area contributed by atoms with Gasteiger partial charge in [0, 0.05) is 58.1 Å². The minimum Gasteiger partial charge on any atom is -0.395 e. The predicted octanol–water partition coefficient (Wildman–Crippen LogP) is -0.290. The van der Waals surface area contributed by atoms with E-state index in [0.29, 0.717) is 30.8 Å². The number of urea groups is 1. The quantitative estimate of drug-likeness (QED) is 0.440. The number of piperidine rings is 1. The number of amides is 2. The van der Waals surface area contributed by atoms with Crippen LogP contribution in [0.15, 0.2) is 41.3 Å². The Morgan fingerprint density at radius 1 is 1.18 bits per heavy atom. The van der Waals surface area contributed by atoms with Gasteiger partial charge in [-0.15, -0.1) is 0 Å². The summed E-state index contributed by atoms with van der Waals surface area (Å²) in [5.41, 5.74) is 7.52. The number of fused-ring (bicyclic) bond motifs is 1. The smallest absolute Gasteiger partial charge is 0.354 e. The highest BCUT2D eigenvalue weighted by molar-refractivity contribution is 5.88. The van der Waals surface area contributed by atoms with Crippen LogP contribution in [0, 0.1) is 17.8 Å². The molecule has 0 spiro atoms. The molecule has 3 fully saturated rings. The van der Waals surface area contributed by atoms with Gasteiger partial charge >= 0.3 is 11.7 Å². The number of aliphatic hydroxyl groups excluding tert-OH is 1. The third kappa shape index (κ3) is 4.85. The van der Waals surface area contributed by atoms with Crippen LogP contribution in [-0.4, -0.2) is 89.0 Å². The first kappa shape index (κ1) is 23.0. The lowest BCUT2D eigenvalue weighted by Gasteiger charge is -2.27. The van der Waals surface area contributed by atoms with Crippen LogP contribution in [-0.2, 0) is 6.42 Å². The highest BCUT2D eigenvalue weighted by Crippen LogP contribution is 2.52.